The smallest absolute Gasteiger partial charge is 0.323 e. The number of sulfonamides is 1. The molecule has 1 aromatic heterocycles. The number of allylic oxidation sites excluding steroid dienone is 2. The largest absolute Gasteiger partial charge is 0.480 e. The lowest BCUT2D eigenvalue weighted by Crippen LogP contribution is -2.14. The van der Waals surface area contributed by atoms with Crippen molar-refractivity contribution < 1.29 is 22.7 Å². The lowest BCUT2D eigenvalue weighted by Gasteiger charge is -2.12. The first-order chi connectivity index (χ1) is 15.1. The van der Waals surface area contributed by atoms with Crippen LogP contribution in [0.15, 0.2) is 59.0 Å². The highest BCUT2D eigenvalue weighted by Gasteiger charge is 2.20. The second-order valence-corrected chi connectivity index (χ2v) is 9.66. The van der Waals surface area contributed by atoms with Crippen LogP contribution >= 0.6 is 0 Å². The van der Waals surface area contributed by atoms with Crippen molar-refractivity contribution >= 4 is 32.7 Å². The van der Waals surface area contributed by atoms with E-state index in [-0.39, 0.29) is 23.0 Å². The minimum Gasteiger partial charge on any atom is -0.480 e. The summed E-state index contributed by atoms with van der Waals surface area (Å²) in [5, 5.41) is 9.38. The van der Waals surface area contributed by atoms with E-state index in [0.717, 1.165) is 25.0 Å². The number of carboxylic acid groups (broad SMARTS) is 1. The molecule has 0 fully saturated rings. The van der Waals surface area contributed by atoms with Crippen molar-refractivity contribution in [2.75, 3.05) is 4.72 Å². The Balaban J connectivity index is 1.94. The topological polar surface area (TPSA) is 101 Å². The van der Waals surface area contributed by atoms with Gasteiger partial charge in [0.05, 0.1) is 21.6 Å². The number of hydrogen-bond donors (Lipinski definition) is 2. The van der Waals surface area contributed by atoms with Gasteiger partial charge in [0, 0.05) is 5.92 Å². The lowest BCUT2D eigenvalue weighted by atomic mass is 10.0. The highest BCUT2D eigenvalue weighted by Crippen LogP contribution is 2.28. The van der Waals surface area contributed by atoms with Gasteiger partial charge in [0.1, 0.15) is 18.2 Å². The number of anilines is 1. The first-order valence-corrected chi connectivity index (χ1v) is 11.7. The number of aromatic nitrogens is 2. The molecule has 0 amide bonds. The molecule has 9 heteroatoms. The van der Waals surface area contributed by atoms with Crippen molar-refractivity contribution in [2.24, 2.45) is 0 Å². The predicted octanol–water partition coefficient (Wildman–Crippen LogP) is 4.91. The molecule has 1 heterocycles. The van der Waals surface area contributed by atoms with Gasteiger partial charge in [0.15, 0.2) is 0 Å². The van der Waals surface area contributed by atoms with Crippen LogP contribution in [-0.4, -0.2) is 29.0 Å². The zero-order valence-corrected chi connectivity index (χ0v) is 19.0. The van der Waals surface area contributed by atoms with Crippen LogP contribution in [0.2, 0.25) is 0 Å². The zero-order chi connectivity index (χ0) is 23.5. The number of nitrogens with one attached hydrogen (secondary N) is 1. The molecule has 0 saturated carbocycles. The van der Waals surface area contributed by atoms with Crippen LogP contribution in [0.5, 0.6) is 0 Å². The van der Waals surface area contributed by atoms with E-state index >= 15 is 0 Å². The molecule has 0 aliphatic rings. The Hall–Kier alpha value is -3.20. The van der Waals surface area contributed by atoms with Crippen LogP contribution in [0.4, 0.5) is 10.1 Å². The fourth-order valence-corrected chi connectivity index (χ4v) is 4.52. The molecule has 0 aliphatic heterocycles. The quantitative estimate of drug-likeness (QED) is 0.443. The molecule has 0 radical (unpaired) electrons. The van der Waals surface area contributed by atoms with Crippen molar-refractivity contribution in [1.29, 1.82) is 0 Å². The average molecular weight is 460 g/mol. The molecule has 2 aromatic carbocycles. The van der Waals surface area contributed by atoms with E-state index in [2.05, 4.69) is 15.8 Å². The first kappa shape index (κ1) is 23.5. The van der Waals surface area contributed by atoms with Gasteiger partial charge in [-0.3, -0.25) is 9.52 Å². The summed E-state index contributed by atoms with van der Waals surface area (Å²) in [5.41, 5.74) is 2.61. The number of aliphatic carboxylic acids is 1. The Kier molecular flexibility index (Phi) is 6.98. The molecular weight excluding hydrogens is 433 g/mol. The molecule has 1 unspecified atom stereocenters. The maximum atomic E-state index is 13.1. The van der Waals surface area contributed by atoms with Crippen LogP contribution in [0.3, 0.4) is 0 Å². The van der Waals surface area contributed by atoms with Gasteiger partial charge in [-0.1, -0.05) is 18.6 Å². The van der Waals surface area contributed by atoms with Crippen LogP contribution in [0, 0.1) is 5.82 Å². The molecule has 7 nitrogen and oxygen atoms in total. The lowest BCUT2D eigenvalue weighted by molar-refractivity contribution is -0.137. The normalized spacial score (nSPS) is 12.5. The second-order valence-electron chi connectivity index (χ2n) is 7.97. The van der Waals surface area contributed by atoms with Crippen molar-refractivity contribution in [1.82, 2.24) is 9.55 Å². The van der Waals surface area contributed by atoms with Crippen LogP contribution in [-0.2, 0) is 21.4 Å². The molecule has 1 atom stereocenters. The molecule has 0 bridgehead atoms. The number of rotatable bonds is 9. The fourth-order valence-electron chi connectivity index (χ4n) is 3.47. The van der Waals surface area contributed by atoms with E-state index in [1.165, 1.54) is 17.7 Å². The third kappa shape index (κ3) is 5.53. The van der Waals surface area contributed by atoms with E-state index in [1.807, 2.05) is 20.8 Å². The number of nitrogens with zero attached hydrogens (tertiary/aromatic N) is 2. The maximum absolute atomic E-state index is 13.1. The maximum Gasteiger partial charge on any atom is 0.323 e. The summed E-state index contributed by atoms with van der Waals surface area (Å²) in [6, 6.07) is 9.30. The minimum absolute atomic E-state index is 0.0108. The zero-order valence-electron chi connectivity index (χ0n) is 18.2. The Bertz CT molecular complexity index is 1260. The Morgan fingerprint density at radius 3 is 2.53 bits per heavy atom. The molecule has 32 heavy (non-hydrogen) atoms. The summed E-state index contributed by atoms with van der Waals surface area (Å²) in [6.07, 6.45) is 3.78. The molecule has 2 N–H and O–H groups in total. The third-order valence-electron chi connectivity index (χ3n) is 5.04. The SMILES string of the molecule is CC(C)=CCCC(C)c1nc2cc(NS(=O)(=O)c3ccc(F)cc3)ccc2n1CC(=O)O. The Morgan fingerprint density at radius 1 is 1.22 bits per heavy atom. The van der Waals surface area contributed by atoms with Gasteiger partial charge in [0.25, 0.3) is 10.0 Å². The monoisotopic (exact) mass is 459 g/mol. The fraction of sp³-hybridized carbons (Fsp3) is 0.304. The molecule has 3 aromatic rings. The Morgan fingerprint density at radius 2 is 1.91 bits per heavy atom. The number of benzene rings is 2. The summed E-state index contributed by atoms with van der Waals surface area (Å²) < 4.78 is 42.5. The van der Waals surface area contributed by atoms with Crippen LogP contribution in [0.25, 0.3) is 11.0 Å². The molecule has 170 valence electrons. The van der Waals surface area contributed by atoms with Crippen molar-refractivity contribution in [3.63, 3.8) is 0 Å². The van der Waals surface area contributed by atoms with E-state index < -0.39 is 21.8 Å². The number of fused-ring (bicyclic) bond motifs is 1. The van der Waals surface area contributed by atoms with Gasteiger partial charge < -0.3 is 9.67 Å². The minimum atomic E-state index is -3.91. The molecule has 3 rings (SSSR count). The molecule has 0 spiro atoms. The van der Waals surface area contributed by atoms with Gasteiger partial charge >= 0.3 is 5.97 Å². The number of carbonyl (C=O) groups is 1. The number of carboxylic acids is 1. The van der Waals surface area contributed by atoms with Crippen molar-refractivity contribution in [3.8, 4) is 0 Å². The number of imidazole rings is 1. The number of halogens is 1. The average Bonchev–Trinajstić information content (AvgIpc) is 3.04. The summed E-state index contributed by atoms with van der Waals surface area (Å²) >= 11 is 0. The van der Waals surface area contributed by atoms with E-state index in [0.29, 0.717) is 16.9 Å². The highest BCUT2D eigenvalue weighted by atomic mass is 32.2. The standard InChI is InChI=1S/C23H26FN3O4S/c1-15(2)5-4-6-16(3)23-25-20-13-18(9-12-21(20)27(23)14-22(28)29)26-32(30,31)19-10-7-17(24)8-11-19/h5,7-13,16,26H,4,6,14H2,1-3H3,(H,28,29). The van der Waals surface area contributed by atoms with Crippen molar-refractivity contribution in [3.05, 3.63) is 65.8 Å². The molecule has 0 aliphatic carbocycles. The first-order valence-electron chi connectivity index (χ1n) is 10.2. The summed E-state index contributed by atoms with van der Waals surface area (Å²) in [4.78, 5) is 16.0. The predicted molar refractivity (Wildman–Crippen MR) is 122 cm³/mol. The summed E-state index contributed by atoms with van der Waals surface area (Å²) in [5.74, 6) is -0.858. The van der Waals surface area contributed by atoms with Gasteiger partial charge in [-0.05, 0) is 69.2 Å². The van der Waals surface area contributed by atoms with Crippen LogP contribution < -0.4 is 4.72 Å². The van der Waals surface area contributed by atoms with Gasteiger partial charge in [-0.2, -0.15) is 0 Å². The van der Waals surface area contributed by atoms with E-state index in [4.69, 9.17) is 0 Å². The Labute approximate surface area is 186 Å². The van der Waals surface area contributed by atoms with Gasteiger partial charge in [0.2, 0.25) is 0 Å². The summed E-state index contributed by atoms with van der Waals surface area (Å²) in [6.45, 7) is 5.81. The van der Waals surface area contributed by atoms with Gasteiger partial charge in [-0.15, -0.1) is 0 Å². The molecular formula is C23H26FN3O4S. The highest BCUT2D eigenvalue weighted by molar-refractivity contribution is 7.92. The van der Waals surface area contributed by atoms with E-state index in [9.17, 15) is 22.7 Å². The third-order valence-corrected chi connectivity index (χ3v) is 6.44. The van der Waals surface area contributed by atoms with E-state index in [1.54, 1.807) is 22.8 Å². The molecule has 0 saturated heterocycles. The van der Waals surface area contributed by atoms with Crippen LogP contribution in [0.1, 0.15) is 45.4 Å². The van der Waals surface area contributed by atoms with Crippen molar-refractivity contribution in [2.45, 2.75) is 51.0 Å². The number of hydrogen-bond acceptors (Lipinski definition) is 4. The second kappa shape index (κ2) is 9.52. The summed E-state index contributed by atoms with van der Waals surface area (Å²) in [7, 11) is -3.91. The van der Waals surface area contributed by atoms with Gasteiger partial charge in [-0.25, -0.2) is 17.8 Å².